The van der Waals surface area contributed by atoms with Gasteiger partial charge in [-0.05, 0) is 37.5 Å². The fourth-order valence-electron chi connectivity index (χ4n) is 3.25. The molecule has 1 aromatic carbocycles. The van der Waals surface area contributed by atoms with Gasteiger partial charge in [-0.15, -0.1) is 0 Å². The first kappa shape index (κ1) is 17.9. The van der Waals surface area contributed by atoms with Crippen molar-refractivity contribution in [2.45, 2.75) is 38.2 Å². The monoisotopic (exact) mass is 357 g/mol. The van der Waals surface area contributed by atoms with Crippen molar-refractivity contribution in [3.8, 4) is 11.5 Å². The van der Waals surface area contributed by atoms with Crippen LogP contribution >= 0.6 is 0 Å². The van der Waals surface area contributed by atoms with E-state index in [2.05, 4.69) is 4.74 Å². The van der Waals surface area contributed by atoms with Gasteiger partial charge in [0.15, 0.2) is 17.8 Å². The smallest absolute Gasteiger partial charge is 0.387 e. The highest BCUT2D eigenvalue weighted by Crippen LogP contribution is 2.32. The number of amides is 1. The fourth-order valence-corrected chi connectivity index (χ4v) is 3.25. The van der Waals surface area contributed by atoms with E-state index in [4.69, 9.17) is 14.2 Å². The number of nitrogens with zero attached hydrogens (tertiary/aromatic N) is 1. The first-order valence-corrected chi connectivity index (χ1v) is 8.27. The molecular weight excluding hydrogens is 336 g/mol. The molecule has 25 heavy (non-hydrogen) atoms. The molecule has 1 aromatic rings. The summed E-state index contributed by atoms with van der Waals surface area (Å²) in [5.74, 6) is -0.273. The lowest BCUT2D eigenvalue weighted by Crippen LogP contribution is -2.50. The van der Waals surface area contributed by atoms with Crippen LogP contribution in [-0.2, 0) is 9.47 Å². The van der Waals surface area contributed by atoms with Gasteiger partial charge in [0.05, 0.1) is 26.4 Å². The van der Waals surface area contributed by atoms with Gasteiger partial charge in [-0.25, -0.2) is 0 Å². The molecule has 0 saturated carbocycles. The number of halogens is 2. The molecule has 0 spiro atoms. The minimum atomic E-state index is -3.00. The Bertz CT molecular complexity index is 607. The van der Waals surface area contributed by atoms with Crippen molar-refractivity contribution < 1.29 is 32.5 Å². The van der Waals surface area contributed by atoms with Crippen molar-refractivity contribution in [2.24, 2.45) is 0 Å². The Hall–Kier alpha value is -1.93. The summed E-state index contributed by atoms with van der Waals surface area (Å²) >= 11 is 0. The first-order valence-electron chi connectivity index (χ1n) is 8.27. The molecule has 1 amide bonds. The Morgan fingerprint density at radius 3 is 2.68 bits per heavy atom. The van der Waals surface area contributed by atoms with Crippen molar-refractivity contribution in [3.05, 3.63) is 23.8 Å². The van der Waals surface area contributed by atoms with Gasteiger partial charge in [0.25, 0.3) is 5.91 Å². The van der Waals surface area contributed by atoms with Crippen molar-refractivity contribution in [1.82, 2.24) is 4.90 Å². The molecule has 8 heteroatoms. The molecule has 6 nitrogen and oxygen atoms in total. The molecule has 3 rings (SSSR count). The Labute approximate surface area is 144 Å². The number of likely N-dealkylation sites (tertiary alicyclic amines) is 1. The number of methoxy groups -OCH3 is 1. The highest BCUT2D eigenvalue weighted by Gasteiger charge is 2.36. The van der Waals surface area contributed by atoms with Crippen LogP contribution in [0.5, 0.6) is 11.5 Å². The molecular formula is C17H21F2NO5. The molecule has 2 fully saturated rings. The van der Waals surface area contributed by atoms with E-state index in [9.17, 15) is 13.6 Å². The second-order valence-electron chi connectivity index (χ2n) is 5.92. The Kier molecular flexibility index (Phi) is 5.70. The summed E-state index contributed by atoms with van der Waals surface area (Å²) in [4.78, 5) is 14.6. The lowest BCUT2D eigenvalue weighted by atomic mass is 10.00. The molecule has 0 bridgehead atoms. The number of piperidine rings is 1. The van der Waals surface area contributed by atoms with Crippen LogP contribution < -0.4 is 9.47 Å². The van der Waals surface area contributed by atoms with E-state index < -0.39 is 12.9 Å². The summed E-state index contributed by atoms with van der Waals surface area (Å²) in [6.45, 7) is -1.40. The van der Waals surface area contributed by atoms with Crippen molar-refractivity contribution in [2.75, 3.05) is 26.9 Å². The molecule has 2 aliphatic heterocycles. The average molecular weight is 357 g/mol. The highest BCUT2D eigenvalue weighted by atomic mass is 19.3. The lowest BCUT2D eigenvalue weighted by molar-refractivity contribution is -0.100. The third kappa shape index (κ3) is 4.01. The average Bonchev–Trinajstić information content (AvgIpc) is 3.15. The quantitative estimate of drug-likeness (QED) is 0.811. The van der Waals surface area contributed by atoms with E-state index >= 15 is 0 Å². The van der Waals surface area contributed by atoms with Gasteiger partial charge >= 0.3 is 6.61 Å². The number of carbonyl (C=O) groups excluding carboxylic acids is 1. The zero-order chi connectivity index (χ0) is 17.8. The summed E-state index contributed by atoms with van der Waals surface area (Å²) in [7, 11) is 1.35. The largest absolute Gasteiger partial charge is 0.493 e. The number of benzene rings is 1. The maximum atomic E-state index is 12.9. The van der Waals surface area contributed by atoms with Crippen LogP contribution in [0.3, 0.4) is 0 Å². The van der Waals surface area contributed by atoms with E-state index in [-0.39, 0.29) is 29.0 Å². The van der Waals surface area contributed by atoms with Crippen LogP contribution in [0.25, 0.3) is 0 Å². The zero-order valence-corrected chi connectivity index (χ0v) is 14.0. The van der Waals surface area contributed by atoms with Crippen LogP contribution in [0.1, 0.15) is 29.6 Å². The Balaban J connectivity index is 1.82. The van der Waals surface area contributed by atoms with E-state index in [1.165, 1.54) is 19.2 Å². The number of hydrogen-bond acceptors (Lipinski definition) is 5. The highest BCUT2D eigenvalue weighted by molar-refractivity contribution is 5.95. The van der Waals surface area contributed by atoms with Crippen molar-refractivity contribution in [3.63, 3.8) is 0 Å². The third-order valence-corrected chi connectivity index (χ3v) is 4.40. The van der Waals surface area contributed by atoms with Crippen LogP contribution in [0, 0.1) is 0 Å². The standard InChI is InChI=1S/C17H21F2NO5/c1-22-13-6-5-11(10-14(13)25-17(18)19)15(21)20-7-3-2-4-12(20)16-23-8-9-24-16/h5-6,10,12,16-17H,2-4,7-9H2,1H3. The second-order valence-corrected chi connectivity index (χ2v) is 5.92. The fraction of sp³-hybridized carbons (Fsp3) is 0.588. The topological polar surface area (TPSA) is 57.2 Å². The SMILES string of the molecule is COc1ccc(C(=O)N2CCCCC2C2OCCO2)cc1OC(F)F. The van der Waals surface area contributed by atoms with Gasteiger partial charge in [0.2, 0.25) is 0 Å². The molecule has 1 atom stereocenters. The van der Waals surface area contributed by atoms with Gasteiger partial charge in [-0.3, -0.25) is 4.79 Å². The van der Waals surface area contributed by atoms with E-state index in [1.807, 2.05) is 0 Å². The molecule has 138 valence electrons. The summed E-state index contributed by atoms with van der Waals surface area (Å²) in [6, 6.07) is 4.11. The minimum Gasteiger partial charge on any atom is -0.493 e. The van der Waals surface area contributed by atoms with Gasteiger partial charge in [0, 0.05) is 12.1 Å². The maximum absolute atomic E-state index is 12.9. The van der Waals surface area contributed by atoms with Crippen LogP contribution in [-0.4, -0.2) is 56.6 Å². The molecule has 0 aromatic heterocycles. The molecule has 0 N–H and O–H groups in total. The number of rotatable bonds is 5. The van der Waals surface area contributed by atoms with Gasteiger partial charge in [-0.1, -0.05) is 0 Å². The summed E-state index contributed by atoms with van der Waals surface area (Å²) < 4.78 is 45.8. The second kappa shape index (κ2) is 7.97. The van der Waals surface area contributed by atoms with Gasteiger partial charge in [-0.2, -0.15) is 8.78 Å². The predicted octanol–water partition coefficient (Wildman–Crippen LogP) is 2.66. The number of ether oxygens (including phenoxy) is 4. The van der Waals surface area contributed by atoms with E-state index in [0.29, 0.717) is 19.8 Å². The molecule has 0 radical (unpaired) electrons. The minimum absolute atomic E-state index is 0.148. The normalized spacial score (nSPS) is 21.6. The van der Waals surface area contributed by atoms with Crippen molar-refractivity contribution in [1.29, 1.82) is 0 Å². The maximum Gasteiger partial charge on any atom is 0.387 e. The summed E-state index contributed by atoms with van der Waals surface area (Å²) in [5, 5.41) is 0. The van der Waals surface area contributed by atoms with Gasteiger partial charge < -0.3 is 23.8 Å². The van der Waals surface area contributed by atoms with Crippen LogP contribution in [0.4, 0.5) is 8.78 Å². The number of hydrogen-bond donors (Lipinski definition) is 0. The predicted molar refractivity (Wildman–Crippen MR) is 84.0 cm³/mol. The molecule has 2 saturated heterocycles. The Morgan fingerprint density at radius 1 is 1.24 bits per heavy atom. The molecule has 2 heterocycles. The number of carbonyl (C=O) groups is 1. The first-order chi connectivity index (χ1) is 12.1. The van der Waals surface area contributed by atoms with Gasteiger partial charge in [0.1, 0.15) is 0 Å². The molecule has 1 unspecified atom stereocenters. The summed E-state index contributed by atoms with van der Waals surface area (Å²) in [5.41, 5.74) is 0.265. The van der Waals surface area contributed by atoms with Crippen LogP contribution in [0.15, 0.2) is 18.2 Å². The van der Waals surface area contributed by atoms with Crippen molar-refractivity contribution >= 4 is 5.91 Å². The zero-order valence-electron chi connectivity index (χ0n) is 14.0. The van der Waals surface area contributed by atoms with Crippen LogP contribution in [0.2, 0.25) is 0 Å². The third-order valence-electron chi connectivity index (χ3n) is 4.40. The van der Waals surface area contributed by atoms with E-state index in [1.54, 1.807) is 11.0 Å². The van der Waals surface area contributed by atoms with E-state index in [0.717, 1.165) is 19.3 Å². The lowest BCUT2D eigenvalue weighted by Gasteiger charge is -2.38. The Morgan fingerprint density at radius 2 is 2.00 bits per heavy atom. The number of alkyl halides is 2. The molecule has 2 aliphatic rings. The summed E-state index contributed by atoms with van der Waals surface area (Å²) in [6.07, 6.45) is 2.22. The molecule has 0 aliphatic carbocycles.